The van der Waals surface area contributed by atoms with E-state index in [4.69, 9.17) is 15.6 Å². The summed E-state index contributed by atoms with van der Waals surface area (Å²) in [4.78, 5) is 43.7. The van der Waals surface area contributed by atoms with E-state index in [0.717, 1.165) is 5.56 Å². The number of carboxylic acid groups (broad SMARTS) is 1. The van der Waals surface area contributed by atoms with Crippen molar-refractivity contribution in [1.29, 1.82) is 0 Å². The van der Waals surface area contributed by atoms with Gasteiger partial charge in [0, 0.05) is 5.56 Å². The third-order valence-corrected chi connectivity index (χ3v) is 4.60. The van der Waals surface area contributed by atoms with E-state index in [1.807, 2.05) is 0 Å². The Morgan fingerprint density at radius 1 is 1.32 bits per heavy atom. The average Bonchev–Trinajstić information content (AvgIpc) is 2.82. The molecule has 144 valence electrons. The summed E-state index contributed by atoms with van der Waals surface area (Å²) in [6, 6.07) is 4.62. The number of ether oxygens (including phenoxy) is 1. The minimum atomic E-state index is -1.00. The Hall–Kier alpha value is -3.69. The van der Waals surface area contributed by atoms with E-state index in [1.165, 1.54) is 0 Å². The number of benzene rings is 1. The first-order chi connectivity index (χ1) is 13.4. The molecule has 28 heavy (non-hydrogen) atoms. The second-order valence-electron chi connectivity index (χ2n) is 6.53. The summed E-state index contributed by atoms with van der Waals surface area (Å²) < 4.78 is 5.51. The van der Waals surface area contributed by atoms with Gasteiger partial charge < -0.3 is 26.2 Å². The second-order valence-corrected chi connectivity index (χ2v) is 6.53. The molecule has 0 radical (unpaired) electrons. The topological polar surface area (TPSA) is 157 Å². The molecule has 1 unspecified atom stereocenters. The SMILES string of the molecule is Nc1nc(-c2ccc3c(c2)CC(=O)NC3CC(=O)O)nc2c1C(=O)NCCO2. The molecule has 1 atom stereocenters. The van der Waals surface area contributed by atoms with Crippen LogP contribution < -0.4 is 21.1 Å². The fourth-order valence-corrected chi connectivity index (χ4v) is 3.37. The molecule has 0 saturated heterocycles. The fourth-order valence-electron chi connectivity index (χ4n) is 3.37. The largest absolute Gasteiger partial charge is 0.481 e. The van der Waals surface area contributed by atoms with Crippen LogP contribution in [0.4, 0.5) is 5.82 Å². The molecule has 2 aromatic rings. The highest BCUT2D eigenvalue weighted by Gasteiger charge is 2.28. The standard InChI is InChI=1S/C18H17N5O5/c19-15-14-17(27)20-3-4-28-18(14)23-16(22-15)8-1-2-10-9(5-8)6-12(24)21-11(10)7-13(25)26/h1-2,5,11H,3-4,6-7H2,(H,20,27)(H,21,24)(H,25,26)(H2,19,22,23). The van der Waals surface area contributed by atoms with Crippen molar-refractivity contribution in [2.24, 2.45) is 0 Å². The minimum absolute atomic E-state index is 0.00128. The monoisotopic (exact) mass is 383 g/mol. The molecule has 1 aromatic heterocycles. The van der Waals surface area contributed by atoms with Crippen LogP contribution in [0.3, 0.4) is 0 Å². The average molecular weight is 383 g/mol. The predicted molar refractivity (Wildman–Crippen MR) is 96.5 cm³/mol. The van der Waals surface area contributed by atoms with Crippen molar-refractivity contribution >= 4 is 23.6 Å². The quantitative estimate of drug-likeness (QED) is 0.578. The number of hydrogen-bond donors (Lipinski definition) is 4. The lowest BCUT2D eigenvalue weighted by Gasteiger charge is -2.26. The molecule has 0 fully saturated rings. The lowest BCUT2D eigenvalue weighted by Crippen LogP contribution is -2.36. The molecule has 3 heterocycles. The highest BCUT2D eigenvalue weighted by Crippen LogP contribution is 2.31. The number of rotatable bonds is 3. The van der Waals surface area contributed by atoms with Gasteiger partial charge in [-0.3, -0.25) is 14.4 Å². The number of nitrogens with zero attached hydrogens (tertiary/aromatic N) is 2. The van der Waals surface area contributed by atoms with Gasteiger partial charge >= 0.3 is 5.97 Å². The number of amides is 2. The molecule has 2 aliphatic heterocycles. The second kappa shape index (κ2) is 6.80. The van der Waals surface area contributed by atoms with Gasteiger partial charge in [-0.05, 0) is 17.2 Å². The van der Waals surface area contributed by atoms with E-state index in [-0.39, 0.29) is 48.4 Å². The maximum atomic E-state index is 12.1. The maximum Gasteiger partial charge on any atom is 0.305 e. The van der Waals surface area contributed by atoms with Crippen LogP contribution in [0.15, 0.2) is 18.2 Å². The van der Waals surface area contributed by atoms with E-state index in [2.05, 4.69) is 20.6 Å². The third-order valence-electron chi connectivity index (χ3n) is 4.60. The molecule has 2 amide bonds. The zero-order chi connectivity index (χ0) is 19.8. The number of carboxylic acids is 1. The van der Waals surface area contributed by atoms with Gasteiger partial charge in [-0.1, -0.05) is 12.1 Å². The number of aliphatic carboxylic acids is 1. The molecule has 10 nitrogen and oxygen atoms in total. The van der Waals surface area contributed by atoms with Crippen molar-refractivity contribution in [2.75, 3.05) is 18.9 Å². The fraction of sp³-hybridized carbons (Fsp3) is 0.278. The van der Waals surface area contributed by atoms with Crippen LogP contribution in [0.5, 0.6) is 5.88 Å². The van der Waals surface area contributed by atoms with Crippen molar-refractivity contribution in [1.82, 2.24) is 20.6 Å². The summed E-state index contributed by atoms with van der Waals surface area (Å²) in [5, 5.41) is 14.4. The van der Waals surface area contributed by atoms with Crippen LogP contribution in [-0.4, -0.2) is 46.0 Å². The zero-order valence-electron chi connectivity index (χ0n) is 14.7. The number of nitrogens with two attached hydrogens (primary N) is 1. The highest BCUT2D eigenvalue weighted by molar-refractivity contribution is 6.01. The molecule has 2 aliphatic rings. The van der Waals surface area contributed by atoms with Gasteiger partial charge in [0.1, 0.15) is 18.0 Å². The Balaban J connectivity index is 1.75. The number of carbonyl (C=O) groups is 3. The Morgan fingerprint density at radius 3 is 2.93 bits per heavy atom. The number of aromatic nitrogens is 2. The predicted octanol–water partition coefficient (Wildman–Crippen LogP) is 0.0361. The van der Waals surface area contributed by atoms with Gasteiger partial charge in [0.2, 0.25) is 11.8 Å². The molecule has 0 aliphatic carbocycles. The zero-order valence-corrected chi connectivity index (χ0v) is 14.7. The first-order valence-electron chi connectivity index (χ1n) is 8.65. The van der Waals surface area contributed by atoms with Crippen LogP contribution in [0.2, 0.25) is 0 Å². The third kappa shape index (κ3) is 3.20. The van der Waals surface area contributed by atoms with Crippen molar-refractivity contribution in [3.05, 3.63) is 34.9 Å². The summed E-state index contributed by atoms with van der Waals surface area (Å²) in [6.45, 7) is 0.596. The lowest BCUT2D eigenvalue weighted by atomic mass is 9.90. The summed E-state index contributed by atoms with van der Waals surface area (Å²) >= 11 is 0. The molecule has 0 spiro atoms. The van der Waals surface area contributed by atoms with Crippen molar-refractivity contribution in [2.45, 2.75) is 18.9 Å². The first-order valence-corrected chi connectivity index (χ1v) is 8.65. The van der Waals surface area contributed by atoms with Crippen LogP contribution in [0, 0.1) is 0 Å². The summed E-state index contributed by atoms with van der Waals surface area (Å²) in [5.41, 5.74) is 8.08. The van der Waals surface area contributed by atoms with E-state index >= 15 is 0 Å². The Labute approximate surface area is 159 Å². The van der Waals surface area contributed by atoms with E-state index < -0.39 is 17.9 Å². The smallest absolute Gasteiger partial charge is 0.305 e. The maximum absolute atomic E-state index is 12.1. The molecule has 5 N–H and O–H groups in total. The summed E-state index contributed by atoms with van der Waals surface area (Å²) in [6.07, 6.45) is -0.0814. The summed E-state index contributed by atoms with van der Waals surface area (Å²) in [7, 11) is 0. The van der Waals surface area contributed by atoms with E-state index in [9.17, 15) is 14.4 Å². The number of nitrogen functional groups attached to an aromatic ring is 1. The minimum Gasteiger partial charge on any atom is -0.481 e. The number of carbonyl (C=O) groups excluding carboxylic acids is 2. The number of hydrogen-bond acceptors (Lipinski definition) is 7. The highest BCUT2D eigenvalue weighted by atomic mass is 16.5. The normalized spacial score (nSPS) is 18.1. The van der Waals surface area contributed by atoms with Crippen molar-refractivity contribution in [3.63, 3.8) is 0 Å². The molecular formula is C18H17N5O5. The molecule has 4 rings (SSSR count). The first kappa shape index (κ1) is 17.7. The van der Waals surface area contributed by atoms with Gasteiger partial charge in [0.05, 0.1) is 25.4 Å². The van der Waals surface area contributed by atoms with Gasteiger partial charge in [0.15, 0.2) is 5.82 Å². The van der Waals surface area contributed by atoms with Crippen LogP contribution in [0.1, 0.15) is 33.9 Å². The van der Waals surface area contributed by atoms with Crippen LogP contribution in [-0.2, 0) is 16.0 Å². The molecule has 10 heteroatoms. The number of nitrogens with one attached hydrogen (secondary N) is 2. The van der Waals surface area contributed by atoms with Crippen molar-refractivity contribution < 1.29 is 24.2 Å². The lowest BCUT2D eigenvalue weighted by molar-refractivity contribution is -0.137. The van der Waals surface area contributed by atoms with Gasteiger partial charge in [-0.15, -0.1) is 0 Å². The van der Waals surface area contributed by atoms with E-state index in [1.54, 1.807) is 18.2 Å². The number of anilines is 1. The van der Waals surface area contributed by atoms with Gasteiger partial charge in [-0.25, -0.2) is 4.98 Å². The molecule has 1 aromatic carbocycles. The Morgan fingerprint density at radius 2 is 2.14 bits per heavy atom. The summed E-state index contributed by atoms with van der Waals surface area (Å²) in [5.74, 6) is -1.28. The van der Waals surface area contributed by atoms with Crippen molar-refractivity contribution in [3.8, 4) is 17.3 Å². The van der Waals surface area contributed by atoms with Gasteiger partial charge in [-0.2, -0.15) is 4.98 Å². The van der Waals surface area contributed by atoms with Crippen LogP contribution >= 0.6 is 0 Å². The number of fused-ring (bicyclic) bond motifs is 2. The van der Waals surface area contributed by atoms with Gasteiger partial charge in [0.25, 0.3) is 5.91 Å². The van der Waals surface area contributed by atoms with Crippen LogP contribution in [0.25, 0.3) is 11.4 Å². The Kier molecular flexibility index (Phi) is 4.30. The van der Waals surface area contributed by atoms with E-state index in [0.29, 0.717) is 17.7 Å². The molecule has 0 bridgehead atoms. The Bertz CT molecular complexity index is 1010. The molecule has 0 saturated carbocycles. The molecular weight excluding hydrogens is 366 g/mol.